The van der Waals surface area contributed by atoms with Gasteiger partial charge in [-0.2, -0.15) is 13.2 Å². The minimum Gasteiger partial charge on any atom is -0.351 e. The highest BCUT2D eigenvalue weighted by Gasteiger charge is 2.48. The average Bonchev–Trinajstić information content (AvgIpc) is 2.81. The van der Waals surface area contributed by atoms with E-state index in [9.17, 15) is 22.8 Å². The number of rotatable bonds is 2. The number of halogens is 3. The van der Waals surface area contributed by atoms with Crippen molar-refractivity contribution in [2.75, 3.05) is 6.54 Å². The van der Waals surface area contributed by atoms with E-state index in [-0.39, 0.29) is 30.1 Å². The smallest absolute Gasteiger partial charge is 0.351 e. The van der Waals surface area contributed by atoms with Crippen LogP contribution in [0.1, 0.15) is 53.4 Å². The Hall–Kier alpha value is -1.31. The van der Waals surface area contributed by atoms with Gasteiger partial charge < -0.3 is 15.5 Å². The third-order valence-corrected chi connectivity index (χ3v) is 4.60. The van der Waals surface area contributed by atoms with Crippen molar-refractivity contribution < 1.29 is 22.8 Å². The number of hydrogen-bond donors (Lipinski definition) is 2. The Balaban J connectivity index is 2.05. The molecule has 2 amide bonds. The molecule has 2 saturated heterocycles. The molecule has 0 saturated carbocycles. The van der Waals surface area contributed by atoms with Crippen molar-refractivity contribution in [2.45, 2.75) is 82.7 Å². The molecule has 1 unspecified atom stereocenters. The Morgan fingerprint density at radius 1 is 1.12 bits per heavy atom. The summed E-state index contributed by atoms with van der Waals surface area (Å²) in [4.78, 5) is 24.6. The van der Waals surface area contributed by atoms with Crippen LogP contribution in [0.5, 0.6) is 0 Å². The van der Waals surface area contributed by atoms with Crippen molar-refractivity contribution in [1.82, 2.24) is 15.5 Å². The summed E-state index contributed by atoms with van der Waals surface area (Å²) in [7, 11) is 0. The number of amides is 2. The first-order chi connectivity index (χ1) is 10.8. The van der Waals surface area contributed by atoms with E-state index < -0.39 is 24.0 Å². The molecule has 2 aliphatic heterocycles. The normalized spacial score (nSPS) is 27.1. The quantitative estimate of drug-likeness (QED) is 0.801. The van der Waals surface area contributed by atoms with Crippen LogP contribution in [-0.4, -0.2) is 52.6 Å². The molecule has 0 aliphatic carbocycles. The Morgan fingerprint density at radius 2 is 1.67 bits per heavy atom. The molecule has 2 fully saturated rings. The van der Waals surface area contributed by atoms with Gasteiger partial charge in [0.2, 0.25) is 5.91 Å². The van der Waals surface area contributed by atoms with Gasteiger partial charge in [-0.15, -0.1) is 0 Å². The largest absolute Gasteiger partial charge is 0.471 e. The lowest BCUT2D eigenvalue weighted by molar-refractivity contribution is -0.186. The van der Waals surface area contributed by atoms with Gasteiger partial charge in [0.05, 0.1) is 0 Å². The maximum Gasteiger partial charge on any atom is 0.471 e. The van der Waals surface area contributed by atoms with E-state index in [1.165, 1.54) is 0 Å². The molecule has 0 aromatic heterocycles. The molecule has 0 bridgehead atoms. The number of alkyl halides is 3. The molecule has 1 atom stereocenters. The van der Waals surface area contributed by atoms with Gasteiger partial charge in [0.1, 0.15) is 6.04 Å². The molecular weight excluding hydrogens is 323 g/mol. The Bertz CT molecular complexity index is 501. The van der Waals surface area contributed by atoms with Crippen LogP contribution in [0.3, 0.4) is 0 Å². The molecule has 138 valence electrons. The third kappa shape index (κ3) is 4.40. The first-order valence-corrected chi connectivity index (χ1v) is 8.28. The van der Waals surface area contributed by atoms with Gasteiger partial charge in [0.25, 0.3) is 0 Å². The molecule has 2 N–H and O–H groups in total. The van der Waals surface area contributed by atoms with Gasteiger partial charge in [-0.1, -0.05) is 0 Å². The third-order valence-electron chi connectivity index (χ3n) is 4.60. The van der Waals surface area contributed by atoms with Gasteiger partial charge in [0.15, 0.2) is 0 Å². The number of hydrogen-bond acceptors (Lipinski definition) is 3. The lowest BCUT2D eigenvalue weighted by atomic mass is 9.79. The van der Waals surface area contributed by atoms with Gasteiger partial charge >= 0.3 is 12.1 Å². The summed E-state index contributed by atoms with van der Waals surface area (Å²) in [6.45, 7) is 8.09. The number of nitrogens with zero attached hydrogens (tertiary/aromatic N) is 1. The molecule has 2 heterocycles. The second kappa shape index (κ2) is 6.20. The van der Waals surface area contributed by atoms with Crippen LogP contribution < -0.4 is 10.6 Å². The molecular formula is C16H26F3N3O2. The molecule has 24 heavy (non-hydrogen) atoms. The molecule has 2 aliphatic rings. The summed E-state index contributed by atoms with van der Waals surface area (Å²) in [5.74, 6) is -2.41. The zero-order valence-electron chi connectivity index (χ0n) is 14.6. The molecule has 0 aromatic rings. The molecule has 8 heteroatoms. The van der Waals surface area contributed by atoms with Crippen LogP contribution in [-0.2, 0) is 9.59 Å². The molecule has 0 radical (unpaired) electrons. The average molecular weight is 349 g/mol. The topological polar surface area (TPSA) is 61.4 Å². The summed E-state index contributed by atoms with van der Waals surface area (Å²) in [6, 6.07) is -1.16. The van der Waals surface area contributed by atoms with E-state index in [0.717, 1.165) is 0 Å². The maximum absolute atomic E-state index is 12.7. The summed E-state index contributed by atoms with van der Waals surface area (Å²) in [5.41, 5.74) is -0.367. The van der Waals surface area contributed by atoms with Crippen LogP contribution in [0.15, 0.2) is 0 Å². The minimum absolute atomic E-state index is 0.0281. The molecule has 0 aromatic carbocycles. The fraction of sp³-hybridized carbons (Fsp3) is 0.875. The highest BCUT2D eigenvalue weighted by Crippen LogP contribution is 2.30. The van der Waals surface area contributed by atoms with E-state index in [0.29, 0.717) is 24.2 Å². The number of carbonyl (C=O) groups excluding carboxylic acids is 2. The number of carbonyl (C=O) groups is 2. The van der Waals surface area contributed by atoms with E-state index in [4.69, 9.17) is 0 Å². The van der Waals surface area contributed by atoms with Crippen LogP contribution >= 0.6 is 0 Å². The Morgan fingerprint density at radius 3 is 2.17 bits per heavy atom. The minimum atomic E-state index is -4.94. The van der Waals surface area contributed by atoms with Gasteiger partial charge in [0, 0.05) is 23.7 Å². The highest BCUT2D eigenvalue weighted by molar-refractivity contribution is 5.90. The molecule has 0 spiro atoms. The zero-order chi connectivity index (χ0) is 18.3. The maximum atomic E-state index is 12.7. The highest BCUT2D eigenvalue weighted by atomic mass is 19.4. The summed E-state index contributed by atoms with van der Waals surface area (Å²) in [5, 5.41) is 6.36. The van der Waals surface area contributed by atoms with Crippen LogP contribution in [0, 0.1) is 0 Å². The van der Waals surface area contributed by atoms with Crippen molar-refractivity contribution >= 4 is 11.8 Å². The lowest BCUT2D eigenvalue weighted by Crippen LogP contribution is -2.63. The number of likely N-dealkylation sites (tertiary alicyclic amines) is 1. The Labute approximate surface area is 140 Å². The van der Waals surface area contributed by atoms with E-state index in [1.54, 1.807) is 0 Å². The zero-order valence-corrected chi connectivity index (χ0v) is 14.6. The summed E-state index contributed by atoms with van der Waals surface area (Å²) >= 11 is 0. The fourth-order valence-electron chi connectivity index (χ4n) is 4.17. The number of nitrogens with one attached hydrogen (secondary N) is 2. The second-order valence-corrected chi connectivity index (χ2v) is 8.16. The summed E-state index contributed by atoms with van der Waals surface area (Å²) < 4.78 is 38.0. The predicted octanol–water partition coefficient (Wildman–Crippen LogP) is 1.97. The standard InChI is InChI=1S/C16H26F3N3O2/c1-14(2)8-10(9-15(3,4)21-14)20-12(23)11-6-5-7-22(11)13(24)16(17,18)19/h10-11,21H,5-9H2,1-4H3,(H,20,23). The van der Waals surface area contributed by atoms with Crippen molar-refractivity contribution in [3.63, 3.8) is 0 Å². The fourth-order valence-corrected chi connectivity index (χ4v) is 4.17. The van der Waals surface area contributed by atoms with Crippen molar-refractivity contribution in [1.29, 1.82) is 0 Å². The van der Waals surface area contributed by atoms with Crippen molar-refractivity contribution in [3.05, 3.63) is 0 Å². The van der Waals surface area contributed by atoms with Gasteiger partial charge in [-0.05, 0) is 53.4 Å². The van der Waals surface area contributed by atoms with E-state index >= 15 is 0 Å². The monoisotopic (exact) mass is 349 g/mol. The predicted molar refractivity (Wildman–Crippen MR) is 83.2 cm³/mol. The first-order valence-electron chi connectivity index (χ1n) is 8.28. The first kappa shape index (κ1) is 19.0. The van der Waals surface area contributed by atoms with Crippen LogP contribution in [0.2, 0.25) is 0 Å². The van der Waals surface area contributed by atoms with Crippen LogP contribution in [0.4, 0.5) is 13.2 Å². The van der Waals surface area contributed by atoms with Gasteiger partial charge in [-0.3, -0.25) is 9.59 Å². The van der Waals surface area contributed by atoms with E-state index in [2.05, 4.69) is 10.6 Å². The van der Waals surface area contributed by atoms with Gasteiger partial charge in [-0.25, -0.2) is 0 Å². The van der Waals surface area contributed by atoms with Crippen molar-refractivity contribution in [2.24, 2.45) is 0 Å². The van der Waals surface area contributed by atoms with E-state index in [1.807, 2.05) is 27.7 Å². The molecule has 5 nitrogen and oxygen atoms in total. The number of piperidine rings is 1. The summed E-state index contributed by atoms with van der Waals surface area (Å²) in [6.07, 6.45) is -2.90. The lowest BCUT2D eigenvalue weighted by Gasteiger charge is -2.46. The second-order valence-electron chi connectivity index (χ2n) is 8.16. The SMILES string of the molecule is CC1(C)CC(NC(=O)C2CCCN2C(=O)C(F)(F)F)CC(C)(C)N1. The Kier molecular flexibility index (Phi) is 4.92. The van der Waals surface area contributed by atoms with Crippen LogP contribution in [0.25, 0.3) is 0 Å². The molecule has 2 rings (SSSR count). The van der Waals surface area contributed by atoms with Crippen molar-refractivity contribution in [3.8, 4) is 0 Å².